The van der Waals surface area contributed by atoms with Gasteiger partial charge in [0.15, 0.2) is 0 Å². The van der Waals surface area contributed by atoms with E-state index in [0.29, 0.717) is 12.5 Å². The lowest BCUT2D eigenvalue weighted by Crippen LogP contribution is -2.39. The van der Waals surface area contributed by atoms with Gasteiger partial charge in [-0.2, -0.15) is 11.3 Å². The van der Waals surface area contributed by atoms with Crippen LogP contribution in [0.5, 0.6) is 0 Å². The van der Waals surface area contributed by atoms with Crippen molar-refractivity contribution >= 4 is 17.2 Å². The Bertz CT molecular complexity index is 331. The first-order valence-electron chi connectivity index (χ1n) is 5.74. The summed E-state index contributed by atoms with van der Waals surface area (Å²) in [4.78, 5) is 13.7. The molecule has 0 saturated carbocycles. The second-order valence-corrected chi connectivity index (χ2v) is 5.16. The largest absolute Gasteiger partial charge is 0.344 e. The van der Waals surface area contributed by atoms with Crippen molar-refractivity contribution in [3.8, 4) is 0 Å². The van der Waals surface area contributed by atoms with Gasteiger partial charge in [0.2, 0.25) is 5.91 Å². The molecular weight excluding hydrogens is 220 g/mol. The summed E-state index contributed by atoms with van der Waals surface area (Å²) in [5.41, 5.74) is 1.13. The van der Waals surface area contributed by atoms with Gasteiger partial charge in [0.1, 0.15) is 0 Å². The molecule has 1 aliphatic rings. The van der Waals surface area contributed by atoms with Gasteiger partial charge < -0.3 is 10.2 Å². The van der Waals surface area contributed by atoms with Crippen molar-refractivity contribution in [2.24, 2.45) is 0 Å². The standard InChI is InChI=1S/C12H18N2OS/c1-14(8-11-3-2-5-13-11)12(15)7-10-4-6-16-9-10/h4,6,9,11,13H,2-3,5,7-8H2,1H3/t11-/m1/s1. The summed E-state index contributed by atoms with van der Waals surface area (Å²) in [6.07, 6.45) is 2.96. The summed E-state index contributed by atoms with van der Waals surface area (Å²) >= 11 is 1.64. The Morgan fingerprint density at radius 2 is 2.56 bits per heavy atom. The predicted molar refractivity (Wildman–Crippen MR) is 66.7 cm³/mol. The first kappa shape index (κ1) is 11.6. The molecule has 1 saturated heterocycles. The van der Waals surface area contributed by atoms with Gasteiger partial charge in [-0.05, 0) is 41.8 Å². The second kappa shape index (κ2) is 5.46. The lowest BCUT2D eigenvalue weighted by molar-refractivity contribution is -0.129. The fourth-order valence-corrected chi connectivity index (χ4v) is 2.72. The monoisotopic (exact) mass is 238 g/mol. The molecule has 1 aromatic rings. The third kappa shape index (κ3) is 3.06. The fraction of sp³-hybridized carbons (Fsp3) is 0.583. The molecular formula is C12H18N2OS. The van der Waals surface area contributed by atoms with E-state index in [1.54, 1.807) is 11.3 Å². The number of nitrogens with zero attached hydrogens (tertiary/aromatic N) is 1. The Morgan fingerprint density at radius 3 is 3.19 bits per heavy atom. The van der Waals surface area contributed by atoms with Crippen molar-refractivity contribution in [1.82, 2.24) is 10.2 Å². The van der Waals surface area contributed by atoms with E-state index in [1.807, 2.05) is 28.8 Å². The summed E-state index contributed by atoms with van der Waals surface area (Å²) in [7, 11) is 1.90. The number of amides is 1. The number of carbonyl (C=O) groups is 1. The number of thiophene rings is 1. The molecule has 0 aliphatic carbocycles. The average molecular weight is 238 g/mol. The molecule has 0 bridgehead atoms. The number of rotatable bonds is 4. The normalized spacial score (nSPS) is 19.9. The zero-order valence-electron chi connectivity index (χ0n) is 9.61. The van der Waals surface area contributed by atoms with Crippen LogP contribution in [-0.4, -0.2) is 37.0 Å². The highest BCUT2D eigenvalue weighted by molar-refractivity contribution is 7.07. The third-order valence-electron chi connectivity index (χ3n) is 3.02. The van der Waals surface area contributed by atoms with Gasteiger partial charge in [0.05, 0.1) is 6.42 Å². The maximum absolute atomic E-state index is 11.9. The van der Waals surface area contributed by atoms with E-state index in [4.69, 9.17) is 0 Å². The van der Waals surface area contributed by atoms with Crippen molar-refractivity contribution < 1.29 is 4.79 Å². The smallest absolute Gasteiger partial charge is 0.226 e. The highest BCUT2D eigenvalue weighted by Crippen LogP contribution is 2.10. The molecule has 1 N–H and O–H groups in total. The van der Waals surface area contributed by atoms with Crippen molar-refractivity contribution in [1.29, 1.82) is 0 Å². The molecule has 88 valence electrons. The van der Waals surface area contributed by atoms with Crippen LogP contribution in [0.4, 0.5) is 0 Å². The predicted octanol–water partition coefficient (Wildman–Crippen LogP) is 1.50. The van der Waals surface area contributed by atoms with E-state index in [1.165, 1.54) is 12.8 Å². The van der Waals surface area contributed by atoms with Crippen LogP contribution >= 0.6 is 11.3 Å². The van der Waals surface area contributed by atoms with Crippen LogP contribution in [-0.2, 0) is 11.2 Å². The van der Waals surface area contributed by atoms with Crippen LogP contribution < -0.4 is 5.32 Å². The minimum absolute atomic E-state index is 0.215. The lowest BCUT2D eigenvalue weighted by Gasteiger charge is -2.21. The van der Waals surface area contributed by atoms with Gasteiger partial charge >= 0.3 is 0 Å². The minimum Gasteiger partial charge on any atom is -0.344 e. The van der Waals surface area contributed by atoms with Crippen molar-refractivity contribution in [3.05, 3.63) is 22.4 Å². The van der Waals surface area contributed by atoms with Crippen LogP contribution in [0.3, 0.4) is 0 Å². The molecule has 3 nitrogen and oxygen atoms in total. The summed E-state index contributed by atoms with van der Waals surface area (Å²) in [5.74, 6) is 0.215. The summed E-state index contributed by atoms with van der Waals surface area (Å²) in [6, 6.07) is 2.51. The molecule has 16 heavy (non-hydrogen) atoms. The first-order valence-corrected chi connectivity index (χ1v) is 6.68. The maximum Gasteiger partial charge on any atom is 0.226 e. The van der Waals surface area contributed by atoms with Gasteiger partial charge in [-0.1, -0.05) is 0 Å². The molecule has 1 amide bonds. The summed E-state index contributed by atoms with van der Waals surface area (Å²) < 4.78 is 0. The Balaban J connectivity index is 1.79. The molecule has 1 atom stereocenters. The molecule has 0 spiro atoms. The Kier molecular flexibility index (Phi) is 3.96. The Hall–Kier alpha value is -0.870. The molecule has 4 heteroatoms. The van der Waals surface area contributed by atoms with Gasteiger partial charge in [0.25, 0.3) is 0 Å². The van der Waals surface area contributed by atoms with E-state index in [2.05, 4.69) is 5.32 Å². The molecule has 0 aromatic carbocycles. The highest BCUT2D eigenvalue weighted by Gasteiger charge is 2.18. The minimum atomic E-state index is 0.215. The average Bonchev–Trinajstić information content (AvgIpc) is 2.90. The number of carbonyl (C=O) groups excluding carboxylic acids is 1. The molecule has 1 aliphatic heterocycles. The van der Waals surface area contributed by atoms with Crippen molar-refractivity contribution in [3.63, 3.8) is 0 Å². The topological polar surface area (TPSA) is 32.3 Å². The highest BCUT2D eigenvalue weighted by atomic mass is 32.1. The van der Waals surface area contributed by atoms with Crippen molar-refractivity contribution in [2.45, 2.75) is 25.3 Å². The summed E-state index contributed by atoms with van der Waals surface area (Å²) in [5, 5.41) is 7.47. The summed E-state index contributed by atoms with van der Waals surface area (Å²) in [6.45, 7) is 1.93. The van der Waals surface area contributed by atoms with E-state index >= 15 is 0 Å². The number of nitrogens with one attached hydrogen (secondary N) is 1. The van der Waals surface area contributed by atoms with E-state index in [9.17, 15) is 4.79 Å². The van der Waals surface area contributed by atoms with Gasteiger partial charge in [-0.25, -0.2) is 0 Å². The third-order valence-corrected chi connectivity index (χ3v) is 3.75. The molecule has 2 rings (SSSR count). The molecule has 0 unspecified atom stereocenters. The van der Waals surface area contributed by atoms with Crippen LogP contribution in [0, 0.1) is 0 Å². The van der Waals surface area contributed by atoms with Crippen LogP contribution in [0.1, 0.15) is 18.4 Å². The molecule has 2 heterocycles. The fourth-order valence-electron chi connectivity index (χ4n) is 2.05. The van der Waals surface area contributed by atoms with E-state index in [-0.39, 0.29) is 5.91 Å². The van der Waals surface area contributed by atoms with E-state index in [0.717, 1.165) is 18.7 Å². The molecule has 1 fully saturated rings. The lowest BCUT2D eigenvalue weighted by atomic mass is 10.2. The second-order valence-electron chi connectivity index (χ2n) is 4.38. The number of likely N-dealkylation sites (N-methyl/N-ethyl adjacent to an activating group) is 1. The molecule has 0 radical (unpaired) electrons. The van der Waals surface area contributed by atoms with Gasteiger partial charge in [0, 0.05) is 19.6 Å². The SMILES string of the molecule is CN(C[C@H]1CCCN1)C(=O)Cc1ccsc1. The number of hydrogen-bond acceptors (Lipinski definition) is 3. The van der Waals surface area contributed by atoms with Crippen molar-refractivity contribution in [2.75, 3.05) is 20.1 Å². The van der Waals surface area contributed by atoms with Crippen LogP contribution in [0.25, 0.3) is 0 Å². The van der Waals surface area contributed by atoms with Crippen LogP contribution in [0.2, 0.25) is 0 Å². The quantitative estimate of drug-likeness (QED) is 0.862. The zero-order valence-corrected chi connectivity index (χ0v) is 10.4. The van der Waals surface area contributed by atoms with Gasteiger partial charge in [-0.15, -0.1) is 0 Å². The number of hydrogen-bond donors (Lipinski definition) is 1. The van der Waals surface area contributed by atoms with E-state index < -0.39 is 0 Å². The molecule has 1 aromatic heterocycles. The first-order chi connectivity index (χ1) is 7.75. The van der Waals surface area contributed by atoms with Gasteiger partial charge in [-0.3, -0.25) is 4.79 Å². The van der Waals surface area contributed by atoms with Crippen LogP contribution in [0.15, 0.2) is 16.8 Å². The Morgan fingerprint density at radius 1 is 1.69 bits per heavy atom. The maximum atomic E-state index is 11.9. The Labute approximate surface area is 100 Å². The zero-order chi connectivity index (χ0) is 11.4.